The van der Waals surface area contributed by atoms with E-state index in [0.29, 0.717) is 32.2 Å². The van der Waals surface area contributed by atoms with Crippen LogP contribution in [-0.4, -0.2) is 41.4 Å². The Morgan fingerprint density at radius 2 is 2.33 bits per heavy atom. The van der Waals surface area contributed by atoms with Gasteiger partial charge in [0.25, 0.3) is 5.91 Å². The zero-order valence-electron chi connectivity index (χ0n) is 13.1. The van der Waals surface area contributed by atoms with Crippen molar-refractivity contribution in [3.05, 3.63) is 34.1 Å². The van der Waals surface area contributed by atoms with Crippen molar-refractivity contribution in [2.45, 2.75) is 43.9 Å². The van der Waals surface area contributed by atoms with Gasteiger partial charge in [-0.25, -0.2) is 4.98 Å². The van der Waals surface area contributed by atoms with Gasteiger partial charge in [-0.05, 0) is 19.3 Å². The van der Waals surface area contributed by atoms with Crippen molar-refractivity contribution < 1.29 is 18.8 Å². The number of nitrogens with one attached hydrogen (secondary N) is 1. The van der Waals surface area contributed by atoms with Gasteiger partial charge in [0.05, 0.1) is 36.2 Å². The molecule has 2 atom stereocenters. The molecule has 2 aliphatic rings. The maximum atomic E-state index is 12.4. The highest BCUT2D eigenvalue weighted by molar-refractivity contribution is 7.07. The van der Waals surface area contributed by atoms with Crippen molar-refractivity contribution in [2.75, 3.05) is 13.2 Å². The van der Waals surface area contributed by atoms with Gasteiger partial charge < -0.3 is 19.3 Å². The summed E-state index contributed by atoms with van der Waals surface area (Å²) >= 11 is 1.53. The molecule has 1 N–H and O–H groups in total. The Hall–Kier alpha value is -1.77. The first-order chi connectivity index (χ1) is 11.8. The average Bonchev–Trinajstić information content (AvgIpc) is 3.12. The van der Waals surface area contributed by atoms with Crippen LogP contribution in [0.3, 0.4) is 0 Å². The molecule has 24 heavy (non-hydrogen) atoms. The number of thiazole rings is 1. The number of rotatable bonds is 6. The van der Waals surface area contributed by atoms with E-state index in [4.69, 9.17) is 14.0 Å². The van der Waals surface area contributed by atoms with Gasteiger partial charge in [0, 0.05) is 24.0 Å². The van der Waals surface area contributed by atoms with Crippen molar-refractivity contribution in [3.63, 3.8) is 0 Å². The lowest BCUT2D eigenvalue weighted by atomic mass is 10.1. The largest absolute Gasteiger partial charge is 0.379 e. The van der Waals surface area contributed by atoms with Gasteiger partial charge in [-0.3, -0.25) is 4.79 Å². The molecular formula is C16H19N3O4S. The van der Waals surface area contributed by atoms with Gasteiger partial charge in [-0.15, -0.1) is 11.3 Å². The molecule has 3 heterocycles. The summed E-state index contributed by atoms with van der Waals surface area (Å²) in [6.45, 7) is 1.47. The maximum absolute atomic E-state index is 12.4. The quantitative estimate of drug-likeness (QED) is 0.859. The number of amides is 1. The van der Waals surface area contributed by atoms with E-state index in [0.717, 1.165) is 24.2 Å². The maximum Gasteiger partial charge on any atom is 0.290 e. The van der Waals surface area contributed by atoms with E-state index in [1.54, 1.807) is 11.6 Å². The van der Waals surface area contributed by atoms with Crippen molar-refractivity contribution in [3.8, 4) is 0 Å². The number of aromatic nitrogens is 2. The normalized spacial score (nSPS) is 24.0. The molecule has 7 nitrogen and oxygen atoms in total. The fraction of sp³-hybridized carbons (Fsp3) is 0.562. The molecule has 1 aliphatic carbocycles. The molecule has 0 bridgehead atoms. The summed E-state index contributed by atoms with van der Waals surface area (Å²) in [6, 6.07) is 1.64. The Balaban J connectivity index is 1.35. The third kappa shape index (κ3) is 3.66. The van der Waals surface area contributed by atoms with E-state index < -0.39 is 0 Å². The Labute approximate surface area is 143 Å². The van der Waals surface area contributed by atoms with E-state index in [9.17, 15) is 4.79 Å². The number of nitrogens with zero attached hydrogens (tertiary/aromatic N) is 2. The van der Waals surface area contributed by atoms with Crippen LogP contribution in [0.15, 0.2) is 21.5 Å². The third-order valence-corrected chi connectivity index (χ3v) is 4.93. The second-order valence-electron chi connectivity index (χ2n) is 6.16. The second-order valence-corrected chi connectivity index (χ2v) is 6.88. The first-order valence-corrected chi connectivity index (χ1v) is 9.08. The molecule has 1 saturated heterocycles. The molecule has 8 heteroatoms. The Kier molecular flexibility index (Phi) is 4.59. The molecule has 1 saturated carbocycles. The summed E-state index contributed by atoms with van der Waals surface area (Å²) in [5, 5.41) is 8.92. The van der Waals surface area contributed by atoms with Crippen LogP contribution in [0.5, 0.6) is 0 Å². The van der Waals surface area contributed by atoms with Gasteiger partial charge >= 0.3 is 0 Å². The Morgan fingerprint density at radius 3 is 3.12 bits per heavy atom. The van der Waals surface area contributed by atoms with Crippen LogP contribution in [0, 0.1) is 0 Å². The van der Waals surface area contributed by atoms with Gasteiger partial charge in [0.2, 0.25) is 5.76 Å². The molecule has 0 spiro atoms. The zero-order valence-corrected chi connectivity index (χ0v) is 14.0. The van der Waals surface area contributed by atoms with E-state index in [2.05, 4.69) is 15.5 Å². The third-order valence-electron chi connectivity index (χ3n) is 4.30. The standard InChI is InChI=1S/C16H19N3O4S/c20-16(14-5-13(19-23-14)10-1-2-10)18-12-3-4-21-7-15(12)22-6-11-8-24-9-17-11/h5,8-10,12,15H,1-4,6-7H2,(H,18,20)/t12-,15-/m1/s1. The van der Waals surface area contributed by atoms with E-state index >= 15 is 0 Å². The molecule has 2 fully saturated rings. The summed E-state index contributed by atoms with van der Waals surface area (Å²) in [4.78, 5) is 16.6. The summed E-state index contributed by atoms with van der Waals surface area (Å²) in [6.07, 6.45) is 2.76. The Bertz CT molecular complexity index is 683. The highest BCUT2D eigenvalue weighted by atomic mass is 32.1. The van der Waals surface area contributed by atoms with E-state index in [1.807, 2.05) is 5.38 Å². The Morgan fingerprint density at radius 1 is 1.42 bits per heavy atom. The summed E-state index contributed by atoms with van der Waals surface area (Å²) in [7, 11) is 0. The van der Waals surface area contributed by atoms with Gasteiger partial charge in [-0.1, -0.05) is 5.16 Å². The van der Waals surface area contributed by atoms with Crippen molar-refractivity contribution in [2.24, 2.45) is 0 Å². The summed E-state index contributed by atoms with van der Waals surface area (Å²) in [5.41, 5.74) is 3.54. The monoisotopic (exact) mass is 349 g/mol. The van der Waals surface area contributed by atoms with Crippen molar-refractivity contribution in [1.82, 2.24) is 15.5 Å². The predicted molar refractivity (Wildman–Crippen MR) is 85.9 cm³/mol. The number of ether oxygens (including phenoxy) is 2. The fourth-order valence-electron chi connectivity index (χ4n) is 2.75. The molecule has 0 radical (unpaired) electrons. The van der Waals surface area contributed by atoms with Crippen LogP contribution >= 0.6 is 11.3 Å². The lowest BCUT2D eigenvalue weighted by molar-refractivity contribution is -0.0743. The molecule has 0 unspecified atom stereocenters. The highest BCUT2D eigenvalue weighted by Crippen LogP contribution is 2.39. The van der Waals surface area contributed by atoms with Crippen LogP contribution < -0.4 is 5.32 Å². The average molecular weight is 349 g/mol. The number of carbonyl (C=O) groups is 1. The van der Waals surface area contributed by atoms with Crippen molar-refractivity contribution in [1.29, 1.82) is 0 Å². The van der Waals surface area contributed by atoms with Gasteiger partial charge in [0.15, 0.2) is 0 Å². The van der Waals surface area contributed by atoms with E-state index in [1.165, 1.54) is 11.3 Å². The number of carbonyl (C=O) groups excluding carboxylic acids is 1. The minimum atomic E-state index is -0.247. The molecule has 128 valence electrons. The molecule has 2 aromatic rings. The lowest BCUT2D eigenvalue weighted by Crippen LogP contribution is -2.49. The number of hydrogen-bond acceptors (Lipinski definition) is 7. The first-order valence-electron chi connectivity index (χ1n) is 8.13. The minimum absolute atomic E-state index is 0.112. The molecule has 2 aromatic heterocycles. The first kappa shape index (κ1) is 15.7. The molecule has 4 rings (SSSR count). The lowest BCUT2D eigenvalue weighted by Gasteiger charge is -2.31. The van der Waals surface area contributed by atoms with Crippen molar-refractivity contribution >= 4 is 17.2 Å². The van der Waals surface area contributed by atoms with Crippen LogP contribution in [0.1, 0.15) is 47.1 Å². The SMILES string of the molecule is O=C(N[C@@H]1CCOC[C@H]1OCc1cscn1)c1cc(C2CC2)no1. The second kappa shape index (κ2) is 7.00. The highest BCUT2D eigenvalue weighted by Gasteiger charge is 2.31. The molecule has 1 amide bonds. The molecule has 1 aliphatic heterocycles. The van der Waals surface area contributed by atoms with Crippen LogP contribution in [-0.2, 0) is 16.1 Å². The summed E-state index contributed by atoms with van der Waals surface area (Å²) in [5.74, 6) is 0.484. The predicted octanol–water partition coefficient (Wildman–Crippen LogP) is 2.11. The molecular weight excluding hydrogens is 330 g/mol. The van der Waals surface area contributed by atoms with Crippen LogP contribution in [0.2, 0.25) is 0 Å². The van der Waals surface area contributed by atoms with E-state index in [-0.39, 0.29) is 23.8 Å². The smallest absolute Gasteiger partial charge is 0.290 e. The van der Waals surface area contributed by atoms with Crippen LogP contribution in [0.4, 0.5) is 0 Å². The van der Waals surface area contributed by atoms with Gasteiger partial charge in [-0.2, -0.15) is 0 Å². The zero-order chi connectivity index (χ0) is 16.4. The minimum Gasteiger partial charge on any atom is -0.379 e. The summed E-state index contributed by atoms with van der Waals surface area (Å²) < 4.78 is 16.6. The molecule has 0 aromatic carbocycles. The fourth-order valence-corrected chi connectivity index (χ4v) is 3.29. The topological polar surface area (TPSA) is 86.5 Å². The van der Waals surface area contributed by atoms with Gasteiger partial charge in [0.1, 0.15) is 6.10 Å². The van der Waals surface area contributed by atoms with Crippen LogP contribution in [0.25, 0.3) is 0 Å². The number of hydrogen-bond donors (Lipinski definition) is 1.